The number of rotatable bonds is 10. The number of methoxy groups -OCH3 is 1. The molecule has 4 heteroatoms. The van der Waals surface area contributed by atoms with Gasteiger partial charge in [-0.15, -0.1) is 11.6 Å². The van der Waals surface area contributed by atoms with Gasteiger partial charge < -0.3 is 14.8 Å². The van der Waals surface area contributed by atoms with E-state index in [-0.39, 0.29) is 0 Å². The summed E-state index contributed by atoms with van der Waals surface area (Å²) in [5.41, 5.74) is 0. The quantitative estimate of drug-likeness (QED) is 0.485. The molecule has 1 N–H and O–H groups in total. The lowest BCUT2D eigenvalue weighted by Crippen LogP contribution is -2.27. The van der Waals surface area contributed by atoms with Crippen molar-refractivity contribution < 1.29 is 9.47 Å². The first-order chi connectivity index (χ1) is 8.38. The van der Waals surface area contributed by atoms with Gasteiger partial charge in [0.15, 0.2) is 0 Å². The van der Waals surface area contributed by atoms with Gasteiger partial charge >= 0.3 is 0 Å². The van der Waals surface area contributed by atoms with Gasteiger partial charge in [0.1, 0.15) is 0 Å². The molecule has 0 aliphatic heterocycles. The molecule has 1 aliphatic carbocycles. The Labute approximate surface area is 110 Å². The first-order valence-electron chi connectivity index (χ1n) is 6.71. The highest BCUT2D eigenvalue weighted by Crippen LogP contribution is 2.31. The molecule has 1 saturated carbocycles. The summed E-state index contributed by atoms with van der Waals surface area (Å²) < 4.78 is 10.3. The zero-order valence-corrected chi connectivity index (χ0v) is 11.7. The third-order valence-corrected chi connectivity index (χ3v) is 3.89. The maximum absolute atomic E-state index is 5.95. The van der Waals surface area contributed by atoms with Crippen molar-refractivity contribution in [2.75, 3.05) is 45.9 Å². The summed E-state index contributed by atoms with van der Waals surface area (Å²) in [5.74, 6) is 2.36. The van der Waals surface area contributed by atoms with Gasteiger partial charge in [0.25, 0.3) is 0 Å². The minimum atomic E-state index is 0.687. The van der Waals surface area contributed by atoms with Crippen LogP contribution in [0.15, 0.2) is 0 Å². The van der Waals surface area contributed by atoms with E-state index >= 15 is 0 Å². The van der Waals surface area contributed by atoms with Crippen LogP contribution in [0.1, 0.15) is 25.7 Å². The van der Waals surface area contributed by atoms with Crippen molar-refractivity contribution in [3.05, 3.63) is 0 Å². The summed E-state index contributed by atoms with van der Waals surface area (Å²) in [4.78, 5) is 0. The fourth-order valence-corrected chi connectivity index (χ4v) is 2.82. The van der Waals surface area contributed by atoms with Crippen LogP contribution in [0.25, 0.3) is 0 Å². The average Bonchev–Trinajstić information content (AvgIpc) is 2.80. The van der Waals surface area contributed by atoms with Gasteiger partial charge in [0, 0.05) is 19.6 Å². The second-order valence-electron chi connectivity index (χ2n) is 4.77. The molecule has 0 aromatic heterocycles. The molecular weight excluding hydrogens is 238 g/mol. The molecule has 0 bridgehead atoms. The molecule has 0 spiro atoms. The van der Waals surface area contributed by atoms with Crippen LogP contribution in [0.2, 0.25) is 0 Å². The lowest BCUT2D eigenvalue weighted by Gasteiger charge is -2.17. The molecule has 1 rings (SSSR count). The van der Waals surface area contributed by atoms with Gasteiger partial charge in [-0.1, -0.05) is 6.42 Å². The Bertz CT molecular complexity index is 181. The maximum atomic E-state index is 5.95. The molecule has 0 aromatic carbocycles. The Morgan fingerprint density at radius 2 is 2.00 bits per heavy atom. The number of alkyl halides is 1. The molecule has 102 valence electrons. The van der Waals surface area contributed by atoms with E-state index in [2.05, 4.69) is 5.32 Å². The van der Waals surface area contributed by atoms with Gasteiger partial charge in [-0.3, -0.25) is 0 Å². The first kappa shape index (κ1) is 15.2. The molecule has 2 atom stereocenters. The fourth-order valence-electron chi connectivity index (χ4n) is 2.42. The maximum Gasteiger partial charge on any atom is 0.0700 e. The molecule has 1 fully saturated rings. The van der Waals surface area contributed by atoms with Crippen molar-refractivity contribution in [1.82, 2.24) is 5.32 Å². The average molecular weight is 264 g/mol. The van der Waals surface area contributed by atoms with Crippen molar-refractivity contribution in [2.45, 2.75) is 25.7 Å². The molecule has 0 amide bonds. The molecule has 2 unspecified atom stereocenters. The highest BCUT2D eigenvalue weighted by Gasteiger charge is 2.25. The standard InChI is InChI=1S/C13H26ClNO2/c1-16-8-9-17-7-3-6-15-11-13-5-2-4-12(13)10-14/h12-13,15H,2-11H2,1H3. The van der Waals surface area contributed by atoms with Crippen LogP contribution in [0.3, 0.4) is 0 Å². The van der Waals surface area contributed by atoms with Gasteiger partial charge in [0.2, 0.25) is 0 Å². The molecule has 1 aliphatic rings. The Hall–Kier alpha value is 0.170. The Balaban J connectivity index is 1.87. The third kappa shape index (κ3) is 6.61. The predicted molar refractivity (Wildman–Crippen MR) is 71.7 cm³/mol. The van der Waals surface area contributed by atoms with Crippen molar-refractivity contribution in [2.24, 2.45) is 11.8 Å². The number of nitrogens with one attached hydrogen (secondary N) is 1. The van der Waals surface area contributed by atoms with Crippen molar-refractivity contribution in [1.29, 1.82) is 0 Å². The van der Waals surface area contributed by atoms with E-state index in [4.69, 9.17) is 21.1 Å². The second kappa shape index (κ2) is 10.1. The SMILES string of the molecule is COCCOCCCNCC1CCCC1CCl. The number of hydrogen-bond acceptors (Lipinski definition) is 3. The third-order valence-electron chi connectivity index (χ3n) is 3.50. The molecule has 0 radical (unpaired) electrons. The van der Waals surface area contributed by atoms with Crippen LogP contribution in [-0.4, -0.2) is 45.9 Å². The molecule has 3 nitrogen and oxygen atoms in total. The van der Waals surface area contributed by atoms with Crippen LogP contribution >= 0.6 is 11.6 Å². The predicted octanol–water partition coefficient (Wildman–Crippen LogP) is 2.28. The van der Waals surface area contributed by atoms with Gasteiger partial charge in [0.05, 0.1) is 13.2 Å². The topological polar surface area (TPSA) is 30.5 Å². The molecular formula is C13H26ClNO2. The summed E-state index contributed by atoms with van der Waals surface area (Å²) in [7, 11) is 1.69. The Morgan fingerprint density at radius 3 is 2.76 bits per heavy atom. The molecule has 0 aromatic rings. The summed E-state index contributed by atoms with van der Waals surface area (Å²) in [6, 6.07) is 0. The minimum Gasteiger partial charge on any atom is -0.382 e. The van der Waals surface area contributed by atoms with E-state index in [9.17, 15) is 0 Å². The zero-order valence-electron chi connectivity index (χ0n) is 10.9. The lowest BCUT2D eigenvalue weighted by molar-refractivity contribution is 0.0694. The molecule has 17 heavy (non-hydrogen) atoms. The lowest BCUT2D eigenvalue weighted by atomic mass is 9.98. The molecule has 0 saturated heterocycles. The Kier molecular flexibility index (Phi) is 9.07. The fraction of sp³-hybridized carbons (Fsp3) is 1.00. The smallest absolute Gasteiger partial charge is 0.0700 e. The largest absolute Gasteiger partial charge is 0.382 e. The number of ether oxygens (including phenoxy) is 2. The van der Waals surface area contributed by atoms with Crippen LogP contribution < -0.4 is 5.32 Å². The van der Waals surface area contributed by atoms with Crippen molar-refractivity contribution in [3.63, 3.8) is 0 Å². The van der Waals surface area contributed by atoms with E-state index < -0.39 is 0 Å². The van der Waals surface area contributed by atoms with Crippen LogP contribution in [0.4, 0.5) is 0 Å². The van der Waals surface area contributed by atoms with Gasteiger partial charge in [-0.2, -0.15) is 0 Å². The number of hydrogen-bond donors (Lipinski definition) is 1. The summed E-state index contributed by atoms with van der Waals surface area (Å²) >= 11 is 5.95. The summed E-state index contributed by atoms with van der Waals surface area (Å²) in [6.07, 6.45) is 5.08. The minimum absolute atomic E-state index is 0.687. The van der Waals surface area contributed by atoms with E-state index in [1.165, 1.54) is 19.3 Å². The first-order valence-corrected chi connectivity index (χ1v) is 7.25. The second-order valence-corrected chi connectivity index (χ2v) is 5.08. The Morgan fingerprint density at radius 1 is 1.18 bits per heavy atom. The monoisotopic (exact) mass is 263 g/mol. The molecule has 0 heterocycles. The van der Waals surface area contributed by atoms with E-state index in [0.717, 1.165) is 43.8 Å². The van der Waals surface area contributed by atoms with Crippen molar-refractivity contribution >= 4 is 11.6 Å². The van der Waals surface area contributed by atoms with E-state index in [1.807, 2.05) is 0 Å². The summed E-state index contributed by atoms with van der Waals surface area (Å²) in [5, 5.41) is 3.51. The highest BCUT2D eigenvalue weighted by molar-refractivity contribution is 6.18. The van der Waals surface area contributed by atoms with Crippen LogP contribution in [-0.2, 0) is 9.47 Å². The zero-order chi connectivity index (χ0) is 12.3. The van der Waals surface area contributed by atoms with E-state index in [1.54, 1.807) is 7.11 Å². The van der Waals surface area contributed by atoms with Crippen molar-refractivity contribution in [3.8, 4) is 0 Å². The van der Waals surface area contributed by atoms with Gasteiger partial charge in [-0.05, 0) is 44.2 Å². The van der Waals surface area contributed by atoms with Gasteiger partial charge in [-0.25, -0.2) is 0 Å². The van der Waals surface area contributed by atoms with E-state index in [0.29, 0.717) is 13.2 Å². The van der Waals surface area contributed by atoms with Crippen LogP contribution in [0.5, 0.6) is 0 Å². The highest BCUT2D eigenvalue weighted by atomic mass is 35.5. The van der Waals surface area contributed by atoms with Crippen LogP contribution in [0, 0.1) is 11.8 Å². The normalized spacial score (nSPS) is 24.4. The summed E-state index contributed by atoms with van der Waals surface area (Å²) in [6.45, 7) is 4.37. The number of halogens is 1.